The van der Waals surface area contributed by atoms with E-state index in [1.807, 2.05) is 17.7 Å². The molecule has 1 heterocycles. The van der Waals surface area contributed by atoms with Crippen LogP contribution in [0.1, 0.15) is 11.5 Å². The van der Waals surface area contributed by atoms with Gasteiger partial charge in [-0.1, -0.05) is 58.0 Å². The maximum absolute atomic E-state index is 4.08. The zero-order valence-electron chi connectivity index (χ0n) is 9.58. The Morgan fingerprint density at radius 3 is 2.71 bits per heavy atom. The number of aryl methyl sites for hydroxylation is 1. The Hall–Kier alpha value is -0.810. The van der Waals surface area contributed by atoms with Crippen molar-refractivity contribution in [3.8, 4) is 0 Å². The van der Waals surface area contributed by atoms with E-state index in [9.17, 15) is 0 Å². The van der Waals surface area contributed by atoms with Crippen LogP contribution in [-0.2, 0) is 7.05 Å². The van der Waals surface area contributed by atoms with Gasteiger partial charge in [0.2, 0.25) is 0 Å². The van der Waals surface area contributed by atoms with Crippen LogP contribution in [0.5, 0.6) is 0 Å². The third kappa shape index (κ3) is 3.33. The lowest BCUT2D eigenvalue weighted by molar-refractivity contribution is 0.784. The predicted molar refractivity (Wildman–Crippen MR) is 74.7 cm³/mol. The molecule has 2 rings (SSSR count). The molecule has 0 fully saturated rings. The third-order valence-corrected chi connectivity index (χ3v) is 4.52. The van der Waals surface area contributed by atoms with Crippen LogP contribution in [0.4, 0.5) is 0 Å². The first-order chi connectivity index (χ1) is 8.31. The molecule has 0 bridgehead atoms. The summed E-state index contributed by atoms with van der Waals surface area (Å²) in [6.07, 6.45) is 1.73. The van der Waals surface area contributed by atoms with Gasteiger partial charge in [-0.3, -0.25) is 0 Å². The fourth-order valence-electron chi connectivity index (χ4n) is 1.53. The average molecular weight is 312 g/mol. The molecule has 1 unspecified atom stereocenters. The normalized spacial score (nSPS) is 12.6. The van der Waals surface area contributed by atoms with E-state index >= 15 is 0 Å². The van der Waals surface area contributed by atoms with Crippen LogP contribution in [0.25, 0.3) is 0 Å². The summed E-state index contributed by atoms with van der Waals surface area (Å²) in [5.41, 5.74) is 1.36. The van der Waals surface area contributed by atoms with Crippen LogP contribution in [0.2, 0.25) is 0 Å². The van der Waals surface area contributed by atoms with Crippen LogP contribution in [0.3, 0.4) is 0 Å². The van der Waals surface area contributed by atoms with Crippen molar-refractivity contribution in [1.29, 1.82) is 0 Å². The molecule has 0 spiro atoms. The molecule has 0 aliphatic rings. The van der Waals surface area contributed by atoms with Gasteiger partial charge in [0.1, 0.15) is 6.33 Å². The van der Waals surface area contributed by atoms with Crippen LogP contribution in [0, 0.1) is 0 Å². The first kappa shape index (κ1) is 12.6. The van der Waals surface area contributed by atoms with Crippen molar-refractivity contribution in [2.24, 2.45) is 7.05 Å². The highest BCUT2D eigenvalue weighted by Gasteiger charge is 2.12. The van der Waals surface area contributed by atoms with Crippen LogP contribution < -0.4 is 0 Å². The standard InChI is InChI=1S/C12H14BrN3S/c1-16-9-14-15-12(16)17-8-11(7-13)10-5-3-2-4-6-10/h2-6,9,11H,7-8H2,1H3. The van der Waals surface area contributed by atoms with Gasteiger partial charge in [0, 0.05) is 24.0 Å². The molecule has 2 aromatic rings. The fourth-order valence-corrected chi connectivity index (χ4v) is 3.46. The maximum Gasteiger partial charge on any atom is 0.190 e. The summed E-state index contributed by atoms with van der Waals surface area (Å²) in [6.45, 7) is 0. The first-order valence-corrected chi connectivity index (χ1v) is 7.49. The van der Waals surface area contributed by atoms with Crippen LogP contribution in [0.15, 0.2) is 41.8 Å². The highest BCUT2D eigenvalue weighted by Crippen LogP contribution is 2.26. The van der Waals surface area contributed by atoms with Crippen molar-refractivity contribution in [3.63, 3.8) is 0 Å². The highest BCUT2D eigenvalue weighted by atomic mass is 79.9. The van der Waals surface area contributed by atoms with Gasteiger partial charge in [-0.05, 0) is 5.56 Å². The lowest BCUT2D eigenvalue weighted by Crippen LogP contribution is -2.04. The lowest BCUT2D eigenvalue weighted by Gasteiger charge is -2.13. The van der Waals surface area contributed by atoms with Crippen molar-refractivity contribution in [2.75, 3.05) is 11.1 Å². The minimum Gasteiger partial charge on any atom is -0.312 e. The fraction of sp³-hybridized carbons (Fsp3) is 0.333. The Labute approximate surface area is 114 Å². The Kier molecular flexibility index (Phi) is 4.62. The minimum atomic E-state index is 0.498. The van der Waals surface area contributed by atoms with Gasteiger partial charge in [0.25, 0.3) is 0 Å². The molecule has 90 valence electrons. The van der Waals surface area contributed by atoms with E-state index in [0.717, 1.165) is 16.2 Å². The molecule has 0 N–H and O–H groups in total. The van der Waals surface area contributed by atoms with Gasteiger partial charge in [-0.2, -0.15) is 0 Å². The number of nitrogens with zero attached hydrogens (tertiary/aromatic N) is 3. The van der Waals surface area contributed by atoms with E-state index in [1.54, 1.807) is 18.1 Å². The second-order valence-corrected chi connectivity index (χ2v) is 5.43. The molecule has 1 aromatic heterocycles. The van der Waals surface area contributed by atoms with Gasteiger partial charge >= 0.3 is 0 Å². The van der Waals surface area contributed by atoms with Gasteiger partial charge in [0.15, 0.2) is 5.16 Å². The zero-order chi connectivity index (χ0) is 12.1. The average Bonchev–Trinajstić information content (AvgIpc) is 2.77. The van der Waals surface area contributed by atoms with E-state index in [2.05, 4.69) is 50.4 Å². The Morgan fingerprint density at radius 1 is 1.35 bits per heavy atom. The van der Waals surface area contributed by atoms with Crippen molar-refractivity contribution in [3.05, 3.63) is 42.2 Å². The molecule has 1 atom stereocenters. The molecule has 17 heavy (non-hydrogen) atoms. The molecule has 0 amide bonds. The molecule has 0 saturated heterocycles. The topological polar surface area (TPSA) is 30.7 Å². The predicted octanol–water partition coefficient (Wildman–Crippen LogP) is 3.09. The molecule has 0 aliphatic heterocycles. The molecular formula is C12H14BrN3S. The van der Waals surface area contributed by atoms with Crippen molar-refractivity contribution in [1.82, 2.24) is 14.8 Å². The Bertz CT molecular complexity index is 458. The summed E-state index contributed by atoms with van der Waals surface area (Å²) in [7, 11) is 1.97. The lowest BCUT2D eigenvalue weighted by atomic mass is 10.0. The van der Waals surface area contributed by atoms with E-state index in [1.165, 1.54) is 5.56 Å². The van der Waals surface area contributed by atoms with Gasteiger partial charge in [-0.25, -0.2) is 0 Å². The number of hydrogen-bond donors (Lipinski definition) is 0. The molecule has 3 nitrogen and oxygen atoms in total. The molecule has 0 radical (unpaired) electrons. The number of alkyl halides is 1. The van der Waals surface area contributed by atoms with E-state index in [-0.39, 0.29) is 0 Å². The second-order valence-electron chi connectivity index (χ2n) is 3.80. The van der Waals surface area contributed by atoms with E-state index in [0.29, 0.717) is 5.92 Å². The van der Waals surface area contributed by atoms with E-state index in [4.69, 9.17) is 0 Å². The zero-order valence-corrected chi connectivity index (χ0v) is 12.0. The number of hydrogen-bond acceptors (Lipinski definition) is 3. The number of aromatic nitrogens is 3. The Balaban J connectivity index is 1.99. The smallest absolute Gasteiger partial charge is 0.190 e. The minimum absolute atomic E-state index is 0.498. The quantitative estimate of drug-likeness (QED) is 0.628. The summed E-state index contributed by atoms with van der Waals surface area (Å²) < 4.78 is 1.95. The largest absolute Gasteiger partial charge is 0.312 e. The van der Waals surface area contributed by atoms with Crippen molar-refractivity contribution >= 4 is 27.7 Å². The molecule has 5 heteroatoms. The highest BCUT2D eigenvalue weighted by molar-refractivity contribution is 9.09. The Morgan fingerprint density at radius 2 is 2.12 bits per heavy atom. The molecular weight excluding hydrogens is 298 g/mol. The number of halogens is 1. The summed E-state index contributed by atoms with van der Waals surface area (Å²) in [6, 6.07) is 10.5. The van der Waals surface area contributed by atoms with Gasteiger partial charge in [-0.15, -0.1) is 10.2 Å². The summed E-state index contributed by atoms with van der Waals surface area (Å²) >= 11 is 5.32. The van der Waals surface area contributed by atoms with Crippen LogP contribution in [-0.4, -0.2) is 25.8 Å². The molecule has 1 aromatic carbocycles. The van der Waals surface area contributed by atoms with Gasteiger partial charge < -0.3 is 4.57 Å². The maximum atomic E-state index is 4.08. The van der Waals surface area contributed by atoms with Gasteiger partial charge in [0.05, 0.1) is 0 Å². The van der Waals surface area contributed by atoms with E-state index < -0.39 is 0 Å². The van der Waals surface area contributed by atoms with Crippen molar-refractivity contribution in [2.45, 2.75) is 11.1 Å². The first-order valence-electron chi connectivity index (χ1n) is 5.39. The molecule has 0 saturated carbocycles. The molecule has 0 aliphatic carbocycles. The second kappa shape index (κ2) is 6.21. The number of benzene rings is 1. The summed E-state index contributed by atoms with van der Waals surface area (Å²) in [5, 5.41) is 9.88. The SMILES string of the molecule is Cn1cnnc1SCC(CBr)c1ccccc1. The van der Waals surface area contributed by atoms with Crippen molar-refractivity contribution < 1.29 is 0 Å². The number of thioether (sulfide) groups is 1. The summed E-state index contributed by atoms with van der Waals surface area (Å²) in [4.78, 5) is 0. The summed E-state index contributed by atoms with van der Waals surface area (Å²) in [5.74, 6) is 1.50. The number of rotatable bonds is 5. The third-order valence-electron chi connectivity index (χ3n) is 2.54. The van der Waals surface area contributed by atoms with Crippen LogP contribution >= 0.6 is 27.7 Å². The monoisotopic (exact) mass is 311 g/mol.